The first-order valence-corrected chi connectivity index (χ1v) is 9.60. The van der Waals surface area contributed by atoms with Gasteiger partial charge in [-0.15, -0.1) is 0 Å². The van der Waals surface area contributed by atoms with Gasteiger partial charge in [-0.25, -0.2) is 15.0 Å². The number of hydrogen-bond acceptors (Lipinski definition) is 7. The molecule has 9 nitrogen and oxygen atoms in total. The molecule has 9 heteroatoms. The van der Waals surface area contributed by atoms with Crippen molar-refractivity contribution < 1.29 is 9.53 Å². The van der Waals surface area contributed by atoms with E-state index in [-0.39, 0.29) is 17.6 Å². The van der Waals surface area contributed by atoms with E-state index in [0.717, 1.165) is 11.3 Å². The molecule has 1 aliphatic heterocycles. The molecule has 1 fully saturated rings. The summed E-state index contributed by atoms with van der Waals surface area (Å²) in [6, 6.07) is 10.8. The fraction of sp³-hybridized carbons (Fsp3) is 0.286. The topological polar surface area (TPSA) is 102 Å². The molecule has 0 saturated carbocycles. The van der Waals surface area contributed by atoms with Crippen LogP contribution >= 0.6 is 0 Å². The highest BCUT2D eigenvalue weighted by molar-refractivity contribution is 5.88. The van der Waals surface area contributed by atoms with Gasteiger partial charge in [-0.2, -0.15) is 0 Å². The van der Waals surface area contributed by atoms with Gasteiger partial charge in [0, 0.05) is 38.5 Å². The van der Waals surface area contributed by atoms with Crippen molar-refractivity contribution in [3.63, 3.8) is 0 Å². The molecule has 0 spiro atoms. The number of nitrogens with zero attached hydrogens (tertiary/aromatic N) is 5. The van der Waals surface area contributed by atoms with Crippen LogP contribution in [0.2, 0.25) is 0 Å². The van der Waals surface area contributed by atoms with Crippen molar-refractivity contribution in [3.8, 4) is 11.4 Å². The summed E-state index contributed by atoms with van der Waals surface area (Å²) < 4.78 is 7.49. The van der Waals surface area contributed by atoms with Crippen LogP contribution in [0.4, 0.5) is 11.6 Å². The normalized spacial score (nSPS) is 16.3. The number of rotatable bonds is 4. The van der Waals surface area contributed by atoms with Crippen LogP contribution in [0.1, 0.15) is 18.6 Å². The summed E-state index contributed by atoms with van der Waals surface area (Å²) in [5.74, 6) is 0.456. The highest BCUT2D eigenvalue weighted by atomic mass is 16.5. The molecule has 0 aliphatic carbocycles. The van der Waals surface area contributed by atoms with Crippen molar-refractivity contribution in [3.05, 3.63) is 64.8 Å². The Bertz CT molecular complexity index is 1100. The Kier molecular flexibility index (Phi) is 5.53. The van der Waals surface area contributed by atoms with Crippen molar-refractivity contribution in [2.45, 2.75) is 13.0 Å². The summed E-state index contributed by atoms with van der Waals surface area (Å²) in [5.41, 5.74) is 2.68. The van der Waals surface area contributed by atoms with E-state index in [4.69, 9.17) is 9.72 Å². The van der Waals surface area contributed by atoms with Gasteiger partial charge >= 0.3 is 0 Å². The van der Waals surface area contributed by atoms with Gasteiger partial charge in [-0.3, -0.25) is 14.2 Å². The fourth-order valence-corrected chi connectivity index (χ4v) is 3.40. The number of carbonyl (C=O) groups excluding carboxylic acids is 1. The van der Waals surface area contributed by atoms with Crippen molar-refractivity contribution >= 4 is 17.5 Å². The maximum absolute atomic E-state index is 12.5. The Hall–Kier alpha value is -3.59. The second-order valence-electron chi connectivity index (χ2n) is 7.04. The van der Waals surface area contributed by atoms with E-state index in [1.807, 2.05) is 29.2 Å². The van der Waals surface area contributed by atoms with Crippen LogP contribution in [-0.4, -0.2) is 45.1 Å². The number of ether oxygens (including phenoxy) is 1. The maximum atomic E-state index is 12.5. The zero-order chi connectivity index (χ0) is 21.1. The summed E-state index contributed by atoms with van der Waals surface area (Å²) >= 11 is 0. The van der Waals surface area contributed by atoms with E-state index in [1.165, 1.54) is 23.9 Å². The van der Waals surface area contributed by atoms with Gasteiger partial charge < -0.3 is 15.0 Å². The molecule has 1 atom stereocenters. The first-order chi connectivity index (χ1) is 14.5. The number of amides is 1. The van der Waals surface area contributed by atoms with Crippen molar-refractivity contribution in [2.75, 3.05) is 29.9 Å². The van der Waals surface area contributed by atoms with Crippen LogP contribution in [0, 0.1) is 0 Å². The number of hydrogen-bond donors (Lipinski definition) is 1. The van der Waals surface area contributed by atoms with E-state index in [1.54, 1.807) is 19.3 Å². The molecule has 1 amide bonds. The summed E-state index contributed by atoms with van der Waals surface area (Å²) in [6.45, 7) is 3.15. The molecular formula is C21H22N6O3. The van der Waals surface area contributed by atoms with Gasteiger partial charge in [0.05, 0.1) is 24.5 Å². The Labute approximate surface area is 173 Å². The highest BCUT2D eigenvalue weighted by Gasteiger charge is 2.25. The van der Waals surface area contributed by atoms with Gasteiger partial charge in [0.1, 0.15) is 12.4 Å². The predicted octanol–water partition coefficient (Wildman–Crippen LogP) is 1.77. The van der Waals surface area contributed by atoms with Crippen LogP contribution in [0.3, 0.4) is 0 Å². The molecule has 1 aromatic carbocycles. The largest absolute Gasteiger partial charge is 0.370 e. The summed E-state index contributed by atoms with van der Waals surface area (Å²) in [6.07, 6.45) is 2.88. The third kappa shape index (κ3) is 4.20. The first kappa shape index (κ1) is 19.7. The van der Waals surface area contributed by atoms with E-state index < -0.39 is 0 Å². The van der Waals surface area contributed by atoms with Gasteiger partial charge in [0.2, 0.25) is 11.9 Å². The molecule has 1 N–H and O–H groups in total. The first-order valence-electron chi connectivity index (χ1n) is 9.60. The quantitative estimate of drug-likeness (QED) is 0.704. The zero-order valence-corrected chi connectivity index (χ0v) is 16.8. The number of nitrogens with one attached hydrogen (secondary N) is 1. The zero-order valence-electron chi connectivity index (χ0n) is 16.8. The minimum Gasteiger partial charge on any atom is -0.370 e. The number of anilines is 2. The van der Waals surface area contributed by atoms with Crippen molar-refractivity contribution in [2.24, 2.45) is 7.05 Å². The third-order valence-electron chi connectivity index (χ3n) is 4.91. The molecule has 1 saturated heterocycles. The van der Waals surface area contributed by atoms with E-state index in [2.05, 4.69) is 15.3 Å². The lowest BCUT2D eigenvalue weighted by Crippen LogP contribution is -2.41. The van der Waals surface area contributed by atoms with E-state index in [9.17, 15) is 9.59 Å². The Morgan fingerprint density at radius 2 is 2.00 bits per heavy atom. The van der Waals surface area contributed by atoms with E-state index >= 15 is 0 Å². The molecule has 2 aromatic heterocycles. The monoisotopic (exact) mass is 406 g/mol. The Morgan fingerprint density at radius 1 is 1.20 bits per heavy atom. The molecule has 0 radical (unpaired) electrons. The van der Waals surface area contributed by atoms with Crippen LogP contribution in [0.15, 0.2) is 53.7 Å². The summed E-state index contributed by atoms with van der Waals surface area (Å²) in [4.78, 5) is 38.6. The number of morpholine rings is 1. The Balaban J connectivity index is 1.59. The molecule has 1 unspecified atom stereocenters. The smallest absolute Gasteiger partial charge is 0.255 e. The lowest BCUT2D eigenvalue weighted by molar-refractivity contribution is -0.114. The molecule has 3 heterocycles. The minimum atomic E-state index is -0.176. The average molecular weight is 406 g/mol. The van der Waals surface area contributed by atoms with Gasteiger partial charge in [0.15, 0.2) is 0 Å². The van der Waals surface area contributed by atoms with Crippen molar-refractivity contribution in [1.82, 2.24) is 19.5 Å². The third-order valence-corrected chi connectivity index (χ3v) is 4.91. The van der Waals surface area contributed by atoms with E-state index in [0.29, 0.717) is 37.0 Å². The predicted molar refractivity (Wildman–Crippen MR) is 112 cm³/mol. The summed E-state index contributed by atoms with van der Waals surface area (Å²) in [5, 5.41) is 2.76. The van der Waals surface area contributed by atoms with Crippen LogP contribution in [0.5, 0.6) is 0 Å². The lowest BCUT2D eigenvalue weighted by atomic mass is 10.1. The van der Waals surface area contributed by atoms with Crippen LogP contribution in [-0.2, 0) is 16.6 Å². The fourth-order valence-electron chi connectivity index (χ4n) is 3.40. The Morgan fingerprint density at radius 3 is 2.70 bits per heavy atom. The standard InChI is InChI=1S/C21H22N6O3/c1-14(28)24-16-5-3-15(4-6-16)19-12-27(9-10-30-19)21-25-18(11-20(29)26(21)2)17-7-8-22-13-23-17/h3-8,11,13,19H,9-10,12H2,1-2H3,(H,24,28). The second kappa shape index (κ2) is 8.42. The van der Waals surface area contributed by atoms with Crippen LogP contribution < -0.4 is 15.8 Å². The molecule has 1 aliphatic rings. The molecule has 154 valence electrons. The highest BCUT2D eigenvalue weighted by Crippen LogP contribution is 2.26. The molecule has 3 aromatic rings. The molecule has 30 heavy (non-hydrogen) atoms. The minimum absolute atomic E-state index is 0.113. The van der Waals surface area contributed by atoms with Gasteiger partial charge in [0.25, 0.3) is 5.56 Å². The van der Waals surface area contributed by atoms with Gasteiger partial charge in [-0.1, -0.05) is 12.1 Å². The number of aromatic nitrogens is 4. The molecular weight excluding hydrogens is 384 g/mol. The van der Waals surface area contributed by atoms with Crippen LogP contribution in [0.25, 0.3) is 11.4 Å². The molecule has 4 rings (SSSR count). The second-order valence-corrected chi connectivity index (χ2v) is 7.04. The molecule has 0 bridgehead atoms. The number of benzene rings is 1. The summed E-state index contributed by atoms with van der Waals surface area (Å²) in [7, 11) is 1.71. The average Bonchev–Trinajstić information content (AvgIpc) is 2.76. The van der Waals surface area contributed by atoms with Gasteiger partial charge in [-0.05, 0) is 23.8 Å². The SMILES string of the molecule is CC(=O)Nc1ccc(C2CN(c3nc(-c4ccncn4)cc(=O)n3C)CCO2)cc1. The maximum Gasteiger partial charge on any atom is 0.255 e. The van der Waals surface area contributed by atoms with Crippen molar-refractivity contribution in [1.29, 1.82) is 0 Å². The number of carbonyl (C=O) groups is 1. The lowest BCUT2D eigenvalue weighted by Gasteiger charge is -2.34.